The number of rotatable bonds is 2. The van der Waals surface area contributed by atoms with E-state index < -0.39 is 0 Å². The molecule has 0 saturated heterocycles. The first-order valence-electron chi connectivity index (χ1n) is 5.49. The zero-order valence-corrected chi connectivity index (χ0v) is 10.2. The lowest BCUT2D eigenvalue weighted by Gasteiger charge is -1.91. The third-order valence-corrected chi connectivity index (χ3v) is 1.56. The second-order valence-corrected chi connectivity index (χ2v) is 2.68. The zero-order chi connectivity index (χ0) is 12.1. The Labute approximate surface area is 93.0 Å². The minimum Gasteiger partial charge on any atom is -0.507 e. The molecule has 0 spiro atoms. The summed E-state index contributed by atoms with van der Waals surface area (Å²) in [5.74, 6) is 0.0347. The fourth-order valence-corrected chi connectivity index (χ4v) is 0.587. The normalized spacial score (nSPS) is 7.73. The maximum absolute atomic E-state index is 10.1. The molecule has 0 bridgehead atoms. The Morgan fingerprint density at radius 1 is 1.13 bits per heavy atom. The largest absolute Gasteiger partial charge is 0.507 e. The summed E-state index contributed by atoms with van der Waals surface area (Å²) in [6.07, 6.45) is 3.26. The molecule has 1 aromatic carbocycles. The fourth-order valence-electron chi connectivity index (χ4n) is 0.587. The Hall–Kier alpha value is -1.31. The number of phenols is 1. The van der Waals surface area contributed by atoms with Gasteiger partial charge in [0.05, 0.1) is 5.56 Å². The highest BCUT2D eigenvalue weighted by atomic mass is 16.3. The van der Waals surface area contributed by atoms with Crippen molar-refractivity contribution in [2.24, 2.45) is 0 Å². The smallest absolute Gasteiger partial charge is 0.153 e. The molecule has 0 saturated carbocycles. The van der Waals surface area contributed by atoms with Gasteiger partial charge in [-0.3, -0.25) is 4.79 Å². The van der Waals surface area contributed by atoms with Crippen LogP contribution >= 0.6 is 0 Å². The predicted molar refractivity (Wildman–Crippen MR) is 65.4 cm³/mol. The Balaban J connectivity index is 0. The van der Waals surface area contributed by atoms with Gasteiger partial charge in [0.1, 0.15) is 5.75 Å². The van der Waals surface area contributed by atoms with E-state index in [9.17, 15) is 4.79 Å². The summed E-state index contributed by atoms with van der Waals surface area (Å²) in [6, 6.07) is 6.40. The SMILES string of the molecule is CC.CCCC.O=Cc1ccccc1O. The highest BCUT2D eigenvalue weighted by Crippen LogP contribution is 2.11. The average Bonchev–Trinajstić information content (AvgIpc) is 2.33. The van der Waals surface area contributed by atoms with Crippen LogP contribution < -0.4 is 0 Å². The number of carbonyl (C=O) groups excluding carboxylic acids is 1. The van der Waals surface area contributed by atoms with E-state index in [0.717, 1.165) is 0 Å². The number of para-hydroxylation sites is 1. The minimum atomic E-state index is 0.0347. The van der Waals surface area contributed by atoms with Crippen molar-refractivity contribution in [3.05, 3.63) is 29.8 Å². The van der Waals surface area contributed by atoms with E-state index >= 15 is 0 Å². The lowest BCUT2D eigenvalue weighted by Crippen LogP contribution is -1.77. The van der Waals surface area contributed by atoms with E-state index in [1.807, 2.05) is 13.8 Å². The van der Waals surface area contributed by atoms with Crippen LogP contribution in [0.3, 0.4) is 0 Å². The molecule has 0 aliphatic heterocycles. The molecule has 0 aromatic heterocycles. The van der Waals surface area contributed by atoms with E-state index in [1.54, 1.807) is 18.2 Å². The maximum Gasteiger partial charge on any atom is 0.153 e. The molecule has 1 aromatic rings. The van der Waals surface area contributed by atoms with E-state index in [4.69, 9.17) is 5.11 Å². The first kappa shape index (κ1) is 16.1. The molecule has 1 N–H and O–H groups in total. The van der Waals surface area contributed by atoms with Crippen LogP contribution in [-0.4, -0.2) is 11.4 Å². The van der Waals surface area contributed by atoms with Gasteiger partial charge in [-0.15, -0.1) is 0 Å². The quantitative estimate of drug-likeness (QED) is 0.748. The molecule has 0 aliphatic rings. The van der Waals surface area contributed by atoms with Crippen molar-refractivity contribution < 1.29 is 9.90 Å². The van der Waals surface area contributed by atoms with E-state index in [2.05, 4.69) is 13.8 Å². The number of unbranched alkanes of at least 4 members (excludes halogenated alkanes) is 1. The van der Waals surface area contributed by atoms with Crippen LogP contribution in [0.4, 0.5) is 0 Å². The van der Waals surface area contributed by atoms with Crippen molar-refractivity contribution in [3.63, 3.8) is 0 Å². The molecule has 0 atom stereocenters. The van der Waals surface area contributed by atoms with Gasteiger partial charge in [-0.05, 0) is 12.1 Å². The second kappa shape index (κ2) is 12.7. The lowest BCUT2D eigenvalue weighted by molar-refractivity contribution is 0.112. The summed E-state index contributed by atoms with van der Waals surface area (Å²) < 4.78 is 0. The van der Waals surface area contributed by atoms with Gasteiger partial charge in [0.25, 0.3) is 0 Å². The van der Waals surface area contributed by atoms with E-state index in [-0.39, 0.29) is 5.75 Å². The number of benzene rings is 1. The van der Waals surface area contributed by atoms with Gasteiger partial charge in [0.15, 0.2) is 6.29 Å². The number of hydrogen-bond donors (Lipinski definition) is 1. The average molecular weight is 210 g/mol. The van der Waals surface area contributed by atoms with Crippen LogP contribution in [0.15, 0.2) is 24.3 Å². The lowest BCUT2D eigenvalue weighted by atomic mass is 10.2. The summed E-state index contributed by atoms with van der Waals surface area (Å²) in [6.45, 7) is 8.36. The number of hydrogen-bond acceptors (Lipinski definition) is 2. The Kier molecular flexibility index (Phi) is 13.6. The van der Waals surface area contributed by atoms with Crippen molar-refractivity contribution in [1.82, 2.24) is 0 Å². The third-order valence-electron chi connectivity index (χ3n) is 1.56. The molecule has 1 rings (SSSR count). The summed E-state index contributed by atoms with van der Waals surface area (Å²) in [5.41, 5.74) is 0.331. The van der Waals surface area contributed by atoms with E-state index in [1.165, 1.54) is 18.9 Å². The third kappa shape index (κ3) is 9.01. The van der Waals surface area contributed by atoms with Crippen molar-refractivity contribution in [2.45, 2.75) is 40.5 Å². The maximum atomic E-state index is 10.1. The van der Waals surface area contributed by atoms with Crippen LogP contribution in [0.2, 0.25) is 0 Å². The highest BCUT2D eigenvalue weighted by Gasteiger charge is 1.93. The molecule has 0 radical (unpaired) electrons. The summed E-state index contributed by atoms with van der Waals surface area (Å²) in [7, 11) is 0. The molecular weight excluding hydrogens is 188 g/mol. The Bertz CT molecular complexity index is 242. The molecule has 15 heavy (non-hydrogen) atoms. The Morgan fingerprint density at radius 3 is 1.87 bits per heavy atom. The summed E-state index contributed by atoms with van der Waals surface area (Å²) >= 11 is 0. The molecule has 2 heteroatoms. The van der Waals surface area contributed by atoms with Crippen LogP contribution in [0.25, 0.3) is 0 Å². The van der Waals surface area contributed by atoms with Crippen LogP contribution in [0.1, 0.15) is 50.9 Å². The number of aromatic hydroxyl groups is 1. The van der Waals surface area contributed by atoms with Crippen molar-refractivity contribution in [3.8, 4) is 5.75 Å². The first-order valence-corrected chi connectivity index (χ1v) is 5.49. The molecule has 86 valence electrons. The Morgan fingerprint density at radius 2 is 1.60 bits per heavy atom. The summed E-state index contributed by atoms with van der Waals surface area (Å²) in [4.78, 5) is 10.1. The topological polar surface area (TPSA) is 37.3 Å². The van der Waals surface area contributed by atoms with Gasteiger partial charge in [-0.1, -0.05) is 52.7 Å². The number of phenolic OH excluding ortho intramolecular Hbond substituents is 1. The molecule has 0 fully saturated rings. The summed E-state index contributed by atoms with van der Waals surface area (Å²) in [5, 5.41) is 8.88. The number of carbonyl (C=O) groups is 1. The van der Waals surface area contributed by atoms with Gasteiger partial charge in [-0.25, -0.2) is 0 Å². The molecule has 0 amide bonds. The van der Waals surface area contributed by atoms with Gasteiger partial charge < -0.3 is 5.11 Å². The van der Waals surface area contributed by atoms with Crippen LogP contribution in [0.5, 0.6) is 5.75 Å². The monoisotopic (exact) mass is 210 g/mol. The van der Waals surface area contributed by atoms with Crippen LogP contribution in [0, 0.1) is 0 Å². The van der Waals surface area contributed by atoms with Crippen molar-refractivity contribution >= 4 is 6.29 Å². The molecule has 2 nitrogen and oxygen atoms in total. The van der Waals surface area contributed by atoms with Crippen LogP contribution in [-0.2, 0) is 0 Å². The van der Waals surface area contributed by atoms with Gasteiger partial charge >= 0.3 is 0 Å². The van der Waals surface area contributed by atoms with Gasteiger partial charge in [0.2, 0.25) is 0 Å². The molecular formula is C13H22O2. The minimum absolute atomic E-state index is 0.0347. The van der Waals surface area contributed by atoms with Gasteiger partial charge in [-0.2, -0.15) is 0 Å². The van der Waals surface area contributed by atoms with E-state index in [0.29, 0.717) is 11.8 Å². The van der Waals surface area contributed by atoms with Gasteiger partial charge in [0, 0.05) is 0 Å². The highest BCUT2D eigenvalue weighted by molar-refractivity contribution is 5.78. The van der Waals surface area contributed by atoms with Crippen molar-refractivity contribution in [2.75, 3.05) is 0 Å². The zero-order valence-electron chi connectivity index (χ0n) is 10.2. The number of aldehydes is 1. The van der Waals surface area contributed by atoms with Crippen molar-refractivity contribution in [1.29, 1.82) is 0 Å². The predicted octanol–water partition coefficient (Wildman–Crippen LogP) is 4.04. The second-order valence-electron chi connectivity index (χ2n) is 2.68. The first-order chi connectivity index (χ1) is 7.26. The standard InChI is InChI=1S/C7H6O2.C4H10.C2H6/c8-5-6-3-1-2-4-7(6)9;1-3-4-2;1-2/h1-5,9H;3-4H2,1-2H3;1-2H3. The molecule has 0 aliphatic carbocycles. The molecule has 0 unspecified atom stereocenters. The molecule has 0 heterocycles. The fraction of sp³-hybridized carbons (Fsp3) is 0.462.